The van der Waals surface area contributed by atoms with Gasteiger partial charge in [0.2, 0.25) is 5.69 Å². The molecule has 0 bridgehead atoms. The fourth-order valence-corrected chi connectivity index (χ4v) is 4.32. The molecule has 3 nitrogen and oxygen atoms in total. The summed E-state index contributed by atoms with van der Waals surface area (Å²) in [5, 5.41) is 2.02. The number of furan rings is 1. The lowest BCUT2D eigenvalue weighted by atomic mass is 9.95. The van der Waals surface area contributed by atoms with Crippen LogP contribution in [-0.4, -0.2) is 0 Å². The molecule has 2 aromatic heterocycles. The smallest absolute Gasteiger partial charge is 0.216 e. The van der Waals surface area contributed by atoms with Gasteiger partial charge >= 0.3 is 0 Å². The Labute approximate surface area is 175 Å². The molecule has 0 aliphatic carbocycles. The van der Waals surface area contributed by atoms with Crippen molar-refractivity contribution >= 4 is 27.6 Å². The van der Waals surface area contributed by atoms with Crippen molar-refractivity contribution in [3.63, 3.8) is 0 Å². The van der Waals surface area contributed by atoms with E-state index in [9.17, 15) is 0 Å². The minimum atomic E-state index is 0.663. The molecule has 0 aliphatic rings. The summed E-state index contributed by atoms with van der Waals surface area (Å²) < 4.78 is 8.74. The Kier molecular flexibility index (Phi) is 4.15. The molecule has 3 aromatic carbocycles. The van der Waals surface area contributed by atoms with E-state index in [0.29, 0.717) is 5.69 Å². The lowest BCUT2D eigenvalue weighted by molar-refractivity contribution is -0.660. The van der Waals surface area contributed by atoms with Gasteiger partial charge in [0.1, 0.15) is 18.2 Å². The molecule has 0 aliphatic heterocycles. The van der Waals surface area contributed by atoms with E-state index in [2.05, 4.69) is 46.7 Å². The summed E-state index contributed by atoms with van der Waals surface area (Å²) in [7, 11) is 2.05. The number of aryl methyl sites for hydroxylation is 2. The molecule has 0 radical (unpaired) electrons. The lowest BCUT2D eigenvalue weighted by Gasteiger charge is -2.09. The Balaban J connectivity index is 1.97. The van der Waals surface area contributed by atoms with Crippen LogP contribution < -0.4 is 4.57 Å². The van der Waals surface area contributed by atoms with Crippen molar-refractivity contribution in [1.29, 1.82) is 0 Å². The normalized spacial score (nSPS) is 11.1. The largest absolute Gasteiger partial charge is 0.455 e. The highest BCUT2D eigenvalue weighted by molar-refractivity contribution is 6.15. The van der Waals surface area contributed by atoms with Crippen molar-refractivity contribution in [3.05, 3.63) is 95.5 Å². The highest BCUT2D eigenvalue weighted by Gasteiger charge is 2.23. The van der Waals surface area contributed by atoms with Gasteiger partial charge in [-0.1, -0.05) is 42.5 Å². The van der Waals surface area contributed by atoms with Crippen LogP contribution >= 0.6 is 0 Å². The van der Waals surface area contributed by atoms with Crippen molar-refractivity contribution in [2.45, 2.75) is 13.8 Å². The van der Waals surface area contributed by atoms with Crippen LogP contribution in [0.2, 0.25) is 0 Å². The topological polar surface area (TPSA) is 21.4 Å². The summed E-state index contributed by atoms with van der Waals surface area (Å²) in [5.74, 6) is 0. The summed E-state index contributed by atoms with van der Waals surface area (Å²) in [6.45, 7) is 11.8. The molecular weight excluding hydrogens is 368 g/mol. The zero-order valence-corrected chi connectivity index (χ0v) is 17.2. The van der Waals surface area contributed by atoms with Gasteiger partial charge in [-0.05, 0) is 42.7 Å². The van der Waals surface area contributed by atoms with Crippen LogP contribution in [0, 0.1) is 20.4 Å². The van der Waals surface area contributed by atoms with Crippen LogP contribution in [-0.2, 0) is 7.05 Å². The second kappa shape index (κ2) is 6.86. The average Bonchev–Trinajstić information content (AvgIpc) is 3.12. The van der Waals surface area contributed by atoms with Gasteiger partial charge in [-0.3, -0.25) is 0 Å². The van der Waals surface area contributed by atoms with Crippen molar-refractivity contribution in [2.75, 3.05) is 0 Å². The molecule has 0 atom stereocenters. The molecule has 0 saturated heterocycles. The van der Waals surface area contributed by atoms with Gasteiger partial charge in [-0.25, -0.2) is 9.41 Å². The van der Waals surface area contributed by atoms with E-state index in [1.807, 2.05) is 56.6 Å². The van der Waals surface area contributed by atoms with Crippen LogP contribution in [0.5, 0.6) is 0 Å². The van der Waals surface area contributed by atoms with Crippen molar-refractivity contribution < 1.29 is 8.98 Å². The monoisotopic (exact) mass is 389 g/mol. The van der Waals surface area contributed by atoms with Crippen molar-refractivity contribution in [2.24, 2.45) is 7.05 Å². The highest BCUT2D eigenvalue weighted by atomic mass is 16.3. The summed E-state index contributed by atoms with van der Waals surface area (Å²) in [5.41, 5.74) is 8.73. The third kappa shape index (κ3) is 2.62. The zero-order valence-electron chi connectivity index (χ0n) is 17.2. The predicted octanol–water partition coefficient (Wildman–Crippen LogP) is 6.91. The van der Waals surface area contributed by atoms with Gasteiger partial charge in [0.25, 0.3) is 0 Å². The number of hydrogen-bond donors (Lipinski definition) is 0. The van der Waals surface area contributed by atoms with Gasteiger partial charge in [0, 0.05) is 28.5 Å². The fourth-order valence-electron chi connectivity index (χ4n) is 4.32. The molecule has 144 valence electrons. The Morgan fingerprint density at radius 3 is 2.30 bits per heavy atom. The van der Waals surface area contributed by atoms with Crippen LogP contribution in [0.15, 0.2) is 77.3 Å². The maximum atomic E-state index is 7.71. The Bertz CT molecular complexity index is 1470. The van der Waals surface area contributed by atoms with E-state index in [-0.39, 0.29) is 0 Å². The van der Waals surface area contributed by atoms with E-state index < -0.39 is 0 Å². The van der Waals surface area contributed by atoms with Crippen LogP contribution in [0.1, 0.15) is 11.1 Å². The zero-order chi connectivity index (χ0) is 20.8. The first-order valence-electron chi connectivity index (χ1n) is 9.97. The third-order valence-corrected chi connectivity index (χ3v) is 5.87. The maximum Gasteiger partial charge on any atom is 0.216 e. The quantitative estimate of drug-likeness (QED) is 0.237. The van der Waals surface area contributed by atoms with Crippen LogP contribution in [0.3, 0.4) is 0 Å². The van der Waals surface area contributed by atoms with Gasteiger partial charge in [0.05, 0.1) is 12.1 Å². The van der Waals surface area contributed by atoms with E-state index in [4.69, 9.17) is 11.0 Å². The highest BCUT2D eigenvalue weighted by Crippen LogP contribution is 2.44. The molecular formula is C27H21N2O+. The van der Waals surface area contributed by atoms with Gasteiger partial charge in [-0.2, -0.15) is 0 Å². The molecule has 0 spiro atoms. The van der Waals surface area contributed by atoms with Crippen molar-refractivity contribution in [3.8, 4) is 22.4 Å². The number of nitrogens with zero attached hydrogens (tertiary/aromatic N) is 2. The molecule has 0 saturated carbocycles. The first-order chi connectivity index (χ1) is 14.6. The summed E-state index contributed by atoms with van der Waals surface area (Å²) in [6.07, 6.45) is 2.05. The first-order valence-corrected chi connectivity index (χ1v) is 9.97. The van der Waals surface area contributed by atoms with E-state index in [0.717, 1.165) is 55.4 Å². The molecule has 0 amide bonds. The lowest BCUT2D eigenvalue weighted by Crippen LogP contribution is -2.30. The average molecular weight is 389 g/mol. The second-order valence-electron chi connectivity index (χ2n) is 7.68. The summed E-state index contributed by atoms with van der Waals surface area (Å²) >= 11 is 0. The van der Waals surface area contributed by atoms with Gasteiger partial charge in [-0.15, -0.1) is 0 Å². The Hall–Kier alpha value is -3.90. The first kappa shape index (κ1) is 18.1. The Morgan fingerprint density at radius 1 is 0.833 bits per heavy atom. The number of fused-ring (bicyclic) bond motifs is 3. The standard InChI is InChI=1S/C27H21N2O/c1-17-13-14-20-21-16-22(28-3)18(2)25(19-10-6-5-7-11-19)27(21)30-26(20)24(17)23-12-8-9-15-29(23)4/h5-16H,1-2,4H3/q+1. The second-order valence-corrected chi connectivity index (χ2v) is 7.68. The number of aromatic nitrogens is 1. The Morgan fingerprint density at radius 2 is 1.57 bits per heavy atom. The molecule has 0 unspecified atom stereocenters. The minimum absolute atomic E-state index is 0.663. The summed E-state index contributed by atoms with van der Waals surface area (Å²) in [6, 6.07) is 22.6. The van der Waals surface area contributed by atoms with Crippen molar-refractivity contribution in [1.82, 2.24) is 0 Å². The van der Waals surface area contributed by atoms with E-state index in [1.165, 1.54) is 0 Å². The number of pyridine rings is 1. The van der Waals surface area contributed by atoms with Gasteiger partial charge < -0.3 is 4.42 Å². The molecule has 5 rings (SSSR count). The molecule has 5 aromatic rings. The molecule has 0 fully saturated rings. The third-order valence-electron chi connectivity index (χ3n) is 5.87. The number of hydrogen-bond acceptors (Lipinski definition) is 1. The van der Waals surface area contributed by atoms with Crippen LogP contribution in [0.4, 0.5) is 5.69 Å². The molecule has 2 heterocycles. The maximum absolute atomic E-state index is 7.71. The SMILES string of the molecule is [C-]#[N+]c1cc2c(oc3c(-c4cccc[n+]4C)c(C)ccc32)c(-c2ccccc2)c1C. The molecule has 3 heteroatoms. The fraction of sp³-hybridized carbons (Fsp3) is 0.111. The predicted molar refractivity (Wildman–Crippen MR) is 122 cm³/mol. The molecule has 30 heavy (non-hydrogen) atoms. The minimum Gasteiger partial charge on any atom is -0.455 e. The van der Waals surface area contributed by atoms with E-state index in [1.54, 1.807) is 0 Å². The summed E-state index contributed by atoms with van der Waals surface area (Å²) in [4.78, 5) is 3.81. The number of rotatable bonds is 2. The van der Waals surface area contributed by atoms with Gasteiger partial charge in [0.15, 0.2) is 11.9 Å². The van der Waals surface area contributed by atoms with E-state index >= 15 is 0 Å². The molecule has 0 N–H and O–H groups in total. The van der Waals surface area contributed by atoms with Crippen LogP contribution in [0.25, 0.3) is 49.2 Å². The number of benzene rings is 3.